The average molecular weight is 357 g/mol. The van der Waals surface area contributed by atoms with Crippen molar-refractivity contribution in [1.82, 2.24) is 0 Å². The summed E-state index contributed by atoms with van der Waals surface area (Å²) in [5, 5.41) is 44.5. The molecule has 0 fully saturated rings. The minimum Gasteiger partial charge on any atom is -0.480 e. The molecule has 0 aromatic heterocycles. The van der Waals surface area contributed by atoms with Crippen LogP contribution in [0.4, 0.5) is 22.7 Å². The monoisotopic (exact) mass is 357 g/mol. The number of nitrogens with zero attached hydrogens (tertiary/aromatic N) is 3. The molecule has 0 saturated carbocycles. The largest absolute Gasteiger partial charge is 0.480 e. The Morgan fingerprint density at radius 3 is 1.96 bits per heavy atom. The highest BCUT2D eigenvalue weighted by atomic mass is 16.6. The predicted octanol–water partition coefficient (Wildman–Crippen LogP) is 1.41. The van der Waals surface area contributed by atoms with Gasteiger partial charge in [0.2, 0.25) is 0 Å². The van der Waals surface area contributed by atoms with E-state index in [1.54, 1.807) is 0 Å². The number of aliphatic carboxylic acids is 1. The van der Waals surface area contributed by atoms with Crippen LogP contribution in [0.5, 0.6) is 0 Å². The van der Waals surface area contributed by atoms with Gasteiger partial charge >= 0.3 is 17.3 Å². The Bertz CT molecular complexity index is 672. The van der Waals surface area contributed by atoms with E-state index in [9.17, 15) is 40.2 Å². The molecule has 136 valence electrons. The molecule has 0 saturated heterocycles. The van der Waals surface area contributed by atoms with Crippen molar-refractivity contribution in [1.29, 1.82) is 0 Å². The predicted molar refractivity (Wildman–Crippen MR) is 84.4 cm³/mol. The van der Waals surface area contributed by atoms with Crippen LogP contribution >= 0.6 is 0 Å². The van der Waals surface area contributed by atoms with Gasteiger partial charge in [-0.05, 0) is 25.8 Å². The Labute approximate surface area is 139 Å². The van der Waals surface area contributed by atoms with E-state index in [0.29, 0.717) is 31.5 Å². The van der Waals surface area contributed by atoms with Gasteiger partial charge in [-0.25, -0.2) is 4.79 Å². The number of carboxylic acids is 1. The van der Waals surface area contributed by atoms with Crippen molar-refractivity contribution in [3.05, 3.63) is 42.5 Å². The highest BCUT2D eigenvalue weighted by Gasteiger charge is 2.33. The maximum absolute atomic E-state index is 11.3. The van der Waals surface area contributed by atoms with E-state index in [1.807, 2.05) is 0 Å². The number of non-ortho nitro benzene ring substituents is 1. The molecule has 1 aromatic carbocycles. The fraction of sp³-hybridized carbons (Fsp3) is 0.417. The first kappa shape index (κ1) is 19.7. The van der Waals surface area contributed by atoms with E-state index in [4.69, 9.17) is 5.73 Å². The Balaban J connectivity index is 3.39. The number of carbonyl (C=O) groups is 1. The summed E-state index contributed by atoms with van der Waals surface area (Å²) in [6.07, 6.45) is 0.878. The van der Waals surface area contributed by atoms with Crippen LogP contribution < -0.4 is 11.1 Å². The van der Waals surface area contributed by atoms with Crippen LogP contribution in [0.1, 0.15) is 19.3 Å². The van der Waals surface area contributed by atoms with Gasteiger partial charge in [0.1, 0.15) is 6.04 Å². The van der Waals surface area contributed by atoms with Gasteiger partial charge in [-0.15, -0.1) is 0 Å². The van der Waals surface area contributed by atoms with E-state index in [2.05, 4.69) is 5.32 Å². The highest BCUT2D eigenvalue weighted by Crippen LogP contribution is 2.39. The van der Waals surface area contributed by atoms with Crippen LogP contribution in [-0.4, -0.2) is 38.4 Å². The zero-order chi connectivity index (χ0) is 19.1. The number of nitro groups is 3. The van der Waals surface area contributed by atoms with E-state index in [0.717, 1.165) is 0 Å². The van der Waals surface area contributed by atoms with Crippen molar-refractivity contribution >= 4 is 28.7 Å². The van der Waals surface area contributed by atoms with Crippen molar-refractivity contribution in [3.8, 4) is 0 Å². The van der Waals surface area contributed by atoms with E-state index in [-0.39, 0.29) is 6.42 Å². The topological polar surface area (TPSA) is 205 Å². The first-order chi connectivity index (χ1) is 11.7. The van der Waals surface area contributed by atoms with Gasteiger partial charge < -0.3 is 16.2 Å². The van der Waals surface area contributed by atoms with Crippen molar-refractivity contribution < 1.29 is 24.7 Å². The van der Waals surface area contributed by atoms with Crippen LogP contribution in [0.25, 0.3) is 0 Å². The number of benzene rings is 1. The van der Waals surface area contributed by atoms with Gasteiger partial charge in [0.25, 0.3) is 5.69 Å². The normalized spacial score (nSPS) is 11.6. The van der Waals surface area contributed by atoms with Crippen LogP contribution in [0.2, 0.25) is 0 Å². The third kappa shape index (κ3) is 5.07. The fourth-order valence-corrected chi connectivity index (χ4v) is 2.06. The molecule has 0 bridgehead atoms. The van der Waals surface area contributed by atoms with Crippen LogP contribution in [0, 0.1) is 30.3 Å². The molecule has 0 heterocycles. The molecular weight excluding hydrogens is 342 g/mol. The lowest BCUT2D eigenvalue weighted by atomic mass is 10.1. The zero-order valence-corrected chi connectivity index (χ0v) is 12.8. The summed E-state index contributed by atoms with van der Waals surface area (Å²) < 4.78 is 0. The van der Waals surface area contributed by atoms with Gasteiger partial charge in [0, 0.05) is 0 Å². The first-order valence-corrected chi connectivity index (χ1v) is 6.99. The van der Waals surface area contributed by atoms with Gasteiger partial charge in [-0.3, -0.25) is 30.3 Å². The summed E-state index contributed by atoms with van der Waals surface area (Å²) >= 11 is 0. The number of hydrogen-bond donors (Lipinski definition) is 3. The lowest BCUT2D eigenvalue weighted by Gasteiger charge is -2.15. The third-order valence-corrected chi connectivity index (χ3v) is 3.25. The Hall–Kier alpha value is -3.35. The molecule has 0 aliphatic carbocycles. The van der Waals surface area contributed by atoms with E-state index >= 15 is 0 Å². The summed E-state index contributed by atoms with van der Waals surface area (Å²) in [7, 11) is 0. The molecule has 1 atom stereocenters. The number of carboxylic acid groups (broad SMARTS) is 1. The zero-order valence-electron chi connectivity index (χ0n) is 12.8. The number of rotatable bonds is 10. The van der Waals surface area contributed by atoms with Gasteiger partial charge in [0.15, 0.2) is 5.69 Å². The second kappa shape index (κ2) is 8.49. The molecule has 4 N–H and O–H groups in total. The van der Waals surface area contributed by atoms with E-state index in [1.165, 1.54) is 0 Å². The minimum atomic E-state index is -1.38. The van der Waals surface area contributed by atoms with Crippen molar-refractivity contribution in [2.45, 2.75) is 25.3 Å². The second-order valence-electron chi connectivity index (χ2n) is 4.95. The maximum Gasteiger partial charge on any atom is 0.326 e. The number of anilines is 1. The molecule has 1 rings (SSSR count). The molecular formula is C12H15N5O8. The number of hydrogen-bond acceptors (Lipinski definition) is 9. The second-order valence-corrected chi connectivity index (χ2v) is 4.95. The smallest absolute Gasteiger partial charge is 0.326 e. The fourth-order valence-electron chi connectivity index (χ4n) is 2.06. The Kier molecular flexibility index (Phi) is 6.69. The SMILES string of the molecule is NCCCC[C@@H](Nc1c([N+](=O)[O-])cc([N+](=O)[O-])cc1[N+](=O)[O-])C(=O)O. The van der Waals surface area contributed by atoms with Crippen LogP contribution in [0.3, 0.4) is 0 Å². The molecule has 0 aliphatic rings. The van der Waals surface area contributed by atoms with E-state index < -0.39 is 49.5 Å². The lowest BCUT2D eigenvalue weighted by Crippen LogP contribution is -2.30. The standard InChI is InChI=1S/C12H15N5O8/c13-4-2-1-3-8(12(18)19)14-11-9(16(22)23)5-7(15(20)21)6-10(11)17(24)25/h5-6,8,14H,1-4,13H2,(H,18,19)/t8-/m1/s1. The third-order valence-electron chi connectivity index (χ3n) is 3.25. The molecule has 25 heavy (non-hydrogen) atoms. The number of unbranched alkanes of at least 4 members (excludes halogenated alkanes) is 1. The first-order valence-electron chi connectivity index (χ1n) is 6.99. The number of nitrogens with two attached hydrogens (primary N) is 1. The summed E-state index contributed by atoms with van der Waals surface area (Å²) in [6.45, 7) is 0.310. The lowest BCUT2D eigenvalue weighted by molar-refractivity contribution is -0.401. The van der Waals surface area contributed by atoms with Crippen LogP contribution in [-0.2, 0) is 4.79 Å². The molecule has 0 radical (unpaired) electrons. The van der Waals surface area contributed by atoms with Crippen molar-refractivity contribution in [2.24, 2.45) is 5.73 Å². The Morgan fingerprint density at radius 1 is 1.08 bits per heavy atom. The molecule has 0 amide bonds. The van der Waals surface area contributed by atoms with Crippen LogP contribution in [0.15, 0.2) is 12.1 Å². The van der Waals surface area contributed by atoms with Gasteiger partial charge in [-0.2, -0.15) is 0 Å². The van der Waals surface area contributed by atoms with Crippen molar-refractivity contribution in [2.75, 3.05) is 11.9 Å². The molecule has 0 spiro atoms. The molecule has 13 nitrogen and oxygen atoms in total. The maximum atomic E-state index is 11.3. The number of nitrogens with one attached hydrogen (secondary N) is 1. The summed E-state index contributed by atoms with van der Waals surface area (Å²) in [4.78, 5) is 41.3. The Morgan fingerprint density at radius 2 is 1.60 bits per heavy atom. The molecule has 0 aliphatic heterocycles. The summed E-state index contributed by atoms with van der Waals surface area (Å²) in [5.41, 5.74) is 1.86. The minimum absolute atomic E-state index is 0.0117. The molecule has 1 aromatic rings. The summed E-state index contributed by atoms with van der Waals surface area (Å²) in [6, 6.07) is -0.284. The summed E-state index contributed by atoms with van der Waals surface area (Å²) in [5.74, 6) is -1.38. The quantitative estimate of drug-likeness (QED) is 0.311. The average Bonchev–Trinajstić information content (AvgIpc) is 2.52. The number of nitro benzene ring substituents is 3. The van der Waals surface area contributed by atoms with Crippen molar-refractivity contribution in [3.63, 3.8) is 0 Å². The van der Waals surface area contributed by atoms with Gasteiger partial charge in [0.05, 0.1) is 26.9 Å². The molecule has 13 heteroatoms. The van der Waals surface area contributed by atoms with Gasteiger partial charge in [-0.1, -0.05) is 0 Å². The molecule has 0 unspecified atom stereocenters. The highest BCUT2D eigenvalue weighted by molar-refractivity contribution is 5.83.